The topological polar surface area (TPSA) is 68.5 Å². The van der Waals surface area contributed by atoms with Crippen LogP contribution >= 0.6 is 0 Å². The van der Waals surface area contributed by atoms with E-state index in [1.807, 2.05) is 36.9 Å². The number of hydrogen-bond donors (Lipinski definition) is 0. The minimum atomic E-state index is -0.206. The van der Waals surface area contributed by atoms with E-state index in [1.54, 1.807) is 0 Å². The molecule has 1 aliphatic rings. The van der Waals surface area contributed by atoms with Crippen LogP contribution in [0.5, 0.6) is 0 Å². The van der Waals surface area contributed by atoms with E-state index in [4.69, 9.17) is 14.2 Å². The Balaban J connectivity index is 1.82. The zero-order valence-electron chi connectivity index (χ0n) is 16.7. The average molecular weight is 371 g/mol. The van der Waals surface area contributed by atoms with Crippen LogP contribution in [0.1, 0.15) is 56.9 Å². The molecule has 1 amide bonds. The lowest BCUT2D eigenvalue weighted by atomic mass is 10.0. The molecule has 1 fully saturated rings. The van der Waals surface area contributed by atoms with E-state index in [1.165, 1.54) is 0 Å². The van der Waals surface area contributed by atoms with E-state index in [0.29, 0.717) is 19.7 Å². The van der Waals surface area contributed by atoms with E-state index in [9.17, 15) is 4.79 Å². The largest absolute Gasteiger partial charge is 0.368 e. The van der Waals surface area contributed by atoms with Crippen molar-refractivity contribution in [2.24, 2.45) is 5.92 Å². The van der Waals surface area contributed by atoms with Crippen molar-refractivity contribution in [3.8, 4) is 11.3 Å². The van der Waals surface area contributed by atoms with Gasteiger partial charge in [0.2, 0.25) is 5.91 Å². The molecule has 6 heteroatoms. The summed E-state index contributed by atoms with van der Waals surface area (Å²) in [6, 6.07) is 5.92. The summed E-state index contributed by atoms with van der Waals surface area (Å²) in [5.74, 6) is 1.16. The van der Waals surface area contributed by atoms with Gasteiger partial charge in [0.15, 0.2) is 0 Å². The molecule has 1 aliphatic heterocycles. The molecule has 0 bridgehead atoms. The van der Waals surface area contributed by atoms with Crippen molar-refractivity contribution in [2.45, 2.75) is 53.1 Å². The van der Waals surface area contributed by atoms with Crippen molar-refractivity contribution in [1.82, 2.24) is 15.0 Å². The van der Waals surface area contributed by atoms with Crippen LogP contribution in [0.3, 0.4) is 0 Å². The fraction of sp³-hybridized carbons (Fsp3) is 0.571. The predicted molar refractivity (Wildman–Crippen MR) is 103 cm³/mol. The van der Waals surface area contributed by atoms with Gasteiger partial charge < -0.3 is 14.2 Å². The molecule has 1 saturated heterocycles. The van der Waals surface area contributed by atoms with Crippen LogP contribution in [0.15, 0.2) is 22.7 Å². The number of ether oxygens (including phenoxy) is 1. The summed E-state index contributed by atoms with van der Waals surface area (Å²) >= 11 is 0. The smallest absolute Gasteiger partial charge is 0.225 e. The zero-order valence-corrected chi connectivity index (χ0v) is 16.7. The van der Waals surface area contributed by atoms with Crippen molar-refractivity contribution in [3.05, 3.63) is 35.3 Å². The lowest BCUT2D eigenvalue weighted by Gasteiger charge is -2.34. The summed E-state index contributed by atoms with van der Waals surface area (Å²) in [5.41, 5.74) is 3.49. The number of amides is 1. The van der Waals surface area contributed by atoms with Crippen LogP contribution < -0.4 is 0 Å². The molecule has 1 atom stereocenters. The second kappa shape index (κ2) is 8.65. The highest BCUT2D eigenvalue weighted by Crippen LogP contribution is 2.29. The summed E-state index contributed by atoms with van der Waals surface area (Å²) in [5, 5.41) is 4.08. The Labute approximate surface area is 160 Å². The molecule has 6 nitrogen and oxygen atoms in total. The number of aromatic nitrogens is 2. The third kappa shape index (κ3) is 4.05. The summed E-state index contributed by atoms with van der Waals surface area (Å²) < 4.78 is 11.4. The molecular weight excluding hydrogens is 342 g/mol. The number of morpholine rings is 1. The maximum absolute atomic E-state index is 12.7. The van der Waals surface area contributed by atoms with Gasteiger partial charge in [0.05, 0.1) is 35.8 Å². The van der Waals surface area contributed by atoms with Gasteiger partial charge in [-0.15, -0.1) is 0 Å². The predicted octanol–water partition coefficient (Wildman–Crippen LogP) is 3.94. The number of pyridine rings is 1. The van der Waals surface area contributed by atoms with E-state index in [-0.39, 0.29) is 17.9 Å². The van der Waals surface area contributed by atoms with E-state index in [0.717, 1.165) is 47.7 Å². The van der Waals surface area contributed by atoms with Gasteiger partial charge in [-0.1, -0.05) is 32.0 Å². The lowest BCUT2D eigenvalue weighted by Crippen LogP contribution is -2.45. The number of carbonyl (C=O) groups is 1. The van der Waals surface area contributed by atoms with Crippen molar-refractivity contribution in [2.75, 3.05) is 19.7 Å². The summed E-state index contributed by atoms with van der Waals surface area (Å²) in [6.07, 6.45) is 2.30. The number of carbonyl (C=O) groups excluding carboxylic acids is 1. The molecule has 3 heterocycles. The van der Waals surface area contributed by atoms with Crippen LogP contribution in [-0.4, -0.2) is 40.6 Å². The Kier molecular flexibility index (Phi) is 6.26. The molecule has 2 aromatic rings. The standard InChI is InChI=1S/C21H29N3O3/c1-5-15(6-2)21(25)24-11-12-26-19(13-24)16-9-8-10-17(22-16)20-14(4)23-27-18(20)7-3/h8-10,15,19H,5-7,11-13H2,1-4H3/t19-/m1/s1. The fourth-order valence-electron chi connectivity index (χ4n) is 3.68. The first-order valence-electron chi connectivity index (χ1n) is 9.91. The SMILES string of the molecule is CCc1onc(C)c1-c1cccc([C@H]2CN(C(=O)C(CC)CC)CCO2)n1. The van der Waals surface area contributed by atoms with Crippen LogP contribution in [-0.2, 0) is 16.0 Å². The Morgan fingerprint density at radius 3 is 2.78 bits per heavy atom. The highest BCUT2D eigenvalue weighted by atomic mass is 16.5. The Morgan fingerprint density at radius 1 is 1.30 bits per heavy atom. The van der Waals surface area contributed by atoms with Crippen molar-refractivity contribution in [3.63, 3.8) is 0 Å². The molecule has 0 spiro atoms. The molecule has 27 heavy (non-hydrogen) atoms. The monoisotopic (exact) mass is 371 g/mol. The van der Waals surface area contributed by atoms with E-state index in [2.05, 4.69) is 19.0 Å². The van der Waals surface area contributed by atoms with Gasteiger partial charge in [0, 0.05) is 18.9 Å². The van der Waals surface area contributed by atoms with Gasteiger partial charge in [0.25, 0.3) is 0 Å². The molecule has 0 N–H and O–H groups in total. The van der Waals surface area contributed by atoms with Gasteiger partial charge >= 0.3 is 0 Å². The van der Waals surface area contributed by atoms with Gasteiger partial charge in [-0.3, -0.25) is 4.79 Å². The molecule has 0 aromatic carbocycles. The summed E-state index contributed by atoms with van der Waals surface area (Å²) in [4.78, 5) is 19.5. The maximum Gasteiger partial charge on any atom is 0.225 e. The number of rotatable bonds is 6. The second-order valence-electron chi connectivity index (χ2n) is 7.02. The van der Waals surface area contributed by atoms with Crippen LogP contribution in [0.2, 0.25) is 0 Å². The van der Waals surface area contributed by atoms with Crippen LogP contribution in [0, 0.1) is 12.8 Å². The number of hydrogen-bond acceptors (Lipinski definition) is 5. The Bertz CT molecular complexity index is 783. The van der Waals surface area contributed by atoms with Crippen molar-refractivity contribution < 1.29 is 14.1 Å². The van der Waals surface area contributed by atoms with E-state index >= 15 is 0 Å². The highest BCUT2D eigenvalue weighted by Gasteiger charge is 2.29. The minimum Gasteiger partial charge on any atom is -0.368 e. The van der Waals surface area contributed by atoms with Gasteiger partial charge in [-0.05, 0) is 31.9 Å². The quantitative estimate of drug-likeness (QED) is 0.769. The Morgan fingerprint density at radius 2 is 2.07 bits per heavy atom. The van der Waals surface area contributed by atoms with E-state index < -0.39 is 0 Å². The molecule has 0 aliphatic carbocycles. The molecule has 0 radical (unpaired) electrons. The molecule has 2 aromatic heterocycles. The molecule has 0 unspecified atom stereocenters. The third-order valence-corrected chi connectivity index (χ3v) is 5.32. The fourth-order valence-corrected chi connectivity index (χ4v) is 3.68. The average Bonchev–Trinajstić information content (AvgIpc) is 3.09. The van der Waals surface area contributed by atoms with Crippen LogP contribution in [0.25, 0.3) is 11.3 Å². The molecular formula is C21H29N3O3. The normalized spacial score (nSPS) is 17.5. The maximum atomic E-state index is 12.7. The molecule has 3 rings (SSSR count). The summed E-state index contributed by atoms with van der Waals surface area (Å²) in [6.45, 7) is 9.85. The van der Waals surface area contributed by atoms with Crippen LogP contribution in [0.4, 0.5) is 0 Å². The summed E-state index contributed by atoms with van der Waals surface area (Å²) in [7, 11) is 0. The minimum absolute atomic E-state index is 0.0924. The number of aryl methyl sites for hydroxylation is 2. The number of nitrogens with zero attached hydrogens (tertiary/aromatic N) is 3. The molecule has 0 saturated carbocycles. The highest BCUT2D eigenvalue weighted by molar-refractivity contribution is 5.78. The van der Waals surface area contributed by atoms with Crippen molar-refractivity contribution in [1.29, 1.82) is 0 Å². The lowest BCUT2D eigenvalue weighted by molar-refractivity contribution is -0.143. The Hall–Kier alpha value is -2.21. The molecule has 146 valence electrons. The van der Waals surface area contributed by atoms with Gasteiger partial charge in [0.1, 0.15) is 11.9 Å². The third-order valence-electron chi connectivity index (χ3n) is 5.32. The van der Waals surface area contributed by atoms with Gasteiger partial charge in [-0.2, -0.15) is 0 Å². The second-order valence-corrected chi connectivity index (χ2v) is 7.02. The first kappa shape index (κ1) is 19.5. The van der Waals surface area contributed by atoms with Gasteiger partial charge in [-0.25, -0.2) is 4.98 Å². The zero-order chi connectivity index (χ0) is 19.4. The van der Waals surface area contributed by atoms with Crippen molar-refractivity contribution >= 4 is 5.91 Å². The first-order valence-corrected chi connectivity index (χ1v) is 9.91. The first-order chi connectivity index (χ1) is 13.1.